The number of thioether (sulfide) groups is 1. The van der Waals surface area contributed by atoms with Gasteiger partial charge in [0.05, 0.1) is 12.9 Å². The second-order valence-corrected chi connectivity index (χ2v) is 8.19. The summed E-state index contributed by atoms with van der Waals surface area (Å²) in [5.74, 6) is 0.894. The molecule has 0 saturated carbocycles. The SMILES string of the molecule is CNC(=O)CSc1nc(-c2ccccc2)c(NC(=O)COc2ccccc2OC)s1. The van der Waals surface area contributed by atoms with Crippen molar-refractivity contribution in [3.8, 4) is 22.8 Å². The summed E-state index contributed by atoms with van der Waals surface area (Å²) in [5, 5.41) is 6.06. The number of ether oxygens (including phenoxy) is 2. The largest absolute Gasteiger partial charge is 0.493 e. The Bertz CT molecular complexity index is 1010. The maximum Gasteiger partial charge on any atom is 0.262 e. The number of thiazole rings is 1. The topological polar surface area (TPSA) is 89.6 Å². The van der Waals surface area contributed by atoms with Crippen LogP contribution in [0.1, 0.15) is 0 Å². The Labute approximate surface area is 182 Å². The van der Waals surface area contributed by atoms with Crippen LogP contribution in [0, 0.1) is 0 Å². The van der Waals surface area contributed by atoms with Crippen molar-refractivity contribution in [1.29, 1.82) is 0 Å². The van der Waals surface area contributed by atoms with E-state index in [0.29, 0.717) is 26.5 Å². The van der Waals surface area contributed by atoms with E-state index < -0.39 is 0 Å². The number of amides is 2. The summed E-state index contributed by atoms with van der Waals surface area (Å²) in [4.78, 5) is 28.7. The summed E-state index contributed by atoms with van der Waals surface area (Å²) >= 11 is 2.65. The number of nitrogens with one attached hydrogen (secondary N) is 2. The van der Waals surface area contributed by atoms with Crippen molar-refractivity contribution in [1.82, 2.24) is 10.3 Å². The van der Waals surface area contributed by atoms with Gasteiger partial charge < -0.3 is 20.1 Å². The van der Waals surface area contributed by atoms with Crippen LogP contribution < -0.4 is 20.1 Å². The van der Waals surface area contributed by atoms with Crippen molar-refractivity contribution in [2.75, 3.05) is 31.8 Å². The van der Waals surface area contributed by atoms with Gasteiger partial charge in [-0.15, -0.1) is 0 Å². The zero-order valence-corrected chi connectivity index (χ0v) is 18.1. The first-order valence-electron chi connectivity index (χ1n) is 9.06. The van der Waals surface area contributed by atoms with E-state index in [-0.39, 0.29) is 24.2 Å². The maximum absolute atomic E-state index is 12.5. The number of hydrogen-bond acceptors (Lipinski definition) is 7. The van der Waals surface area contributed by atoms with Crippen LogP contribution in [0.2, 0.25) is 0 Å². The van der Waals surface area contributed by atoms with Crippen LogP contribution in [0.5, 0.6) is 11.5 Å². The van der Waals surface area contributed by atoms with E-state index in [1.54, 1.807) is 26.3 Å². The third-order valence-electron chi connectivity index (χ3n) is 3.94. The number of benzene rings is 2. The molecule has 0 aliphatic carbocycles. The highest BCUT2D eigenvalue weighted by Gasteiger charge is 2.17. The van der Waals surface area contributed by atoms with E-state index in [9.17, 15) is 9.59 Å². The van der Waals surface area contributed by atoms with Gasteiger partial charge in [0.1, 0.15) is 10.7 Å². The second-order valence-electron chi connectivity index (χ2n) is 5.97. The summed E-state index contributed by atoms with van der Waals surface area (Å²) in [6, 6.07) is 16.7. The van der Waals surface area contributed by atoms with E-state index >= 15 is 0 Å². The first-order chi connectivity index (χ1) is 14.6. The molecule has 156 valence electrons. The van der Waals surface area contributed by atoms with Gasteiger partial charge in [-0.1, -0.05) is 65.6 Å². The number of nitrogens with zero attached hydrogens (tertiary/aromatic N) is 1. The summed E-state index contributed by atoms with van der Waals surface area (Å²) < 4.78 is 11.5. The lowest BCUT2D eigenvalue weighted by Crippen LogP contribution is -2.20. The Morgan fingerprint density at radius 2 is 1.73 bits per heavy atom. The van der Waals surface area contributed by atoms with Crippen LogP contribution >= 0.6 is 23.1 Å². The molecule has 2 aromatic carbocycles. The lowest BCUT2D eigenvalue weighted by molar-refractivity contribution is -0.118. The monoisotopic (exact) mass is 443 g/mol. The number of anilines is 1. The van der Waals surface area contributed by atoms with Crippen LogP contribution in [0.3, 0.4) is 0 Å². The van der Waals surface area contributed by atoms with E-state index in [1.165, 1.54) is 23.1 Å². The molecule has 30 heavy (non-hydrogen) atoms. The Hall–Kier alpha value is -3.04. The van der Waals surface area contributed by atoms with Gasteiger partial charge in [0.2, 0.25) is 5.91 Å². The standard InChI is InChI=1S/C21H21N3O4S2/c1-22-18(26)13-29-21-24-19(14-8-4-3-5-9-14)20(30-21)23-17(25)12-28-16-11-7-6-10-15(16)27-2/h3-11H,12-13H2,1-2H3,(H,22,26)(H,23,25). The molecule has 0 spiro atoms. The quantitative estimate of drug-likeness (QED) is 0.491. The highest BCUT2D eigenvalue weighted by Crippen LogP contribution is 2.37. The maximum atomic E-state index is 12.5. The van der Waals surface area contributed by atoms with Crippen LogP contribution in [0.15, 0.2) is 58.9 Å². The Morgan fingerprint density at radius 1 is 1.03 bits per heavy atom. The number of carbonyl (C=O) groups is 2. The molecule has 0 aliphatic rings. The first-order valence-corrected chi connectivity index (χ1v) is 10.9. The molecule has 0 bridgehead atoms. The zero-order valence-electron chi connectivity index (χ0n) is 16.5. The predicted octanol–water partition coefficient (Wildman–Crippen LogP) is 3.67. The summed E-state index contributed by atoms with van der Waals surface area (Å²) in [6.07, 6.45) is 0. The minimum Gasteiger partial charge on any atom is -0.493 e. The molecule has 0 saturated heterocycles. The molecule has 1 heterocycles. The molecule has 0 fully saturated rings. The van der Waals surface area contributed by atoms with Gasteiger partial charge in [-0.3, -0.25) is 9.59 Å². The van der Waals surface area contributed by atoms with Crippen LogP contribution in [-0.2, 0) is 9.59 Å². The summed E-state index contributed by atoms with van der Waals surface area (Å²) in [7, 11) is 3.14. The molecule has 9 heteroatoms. The van der Waals surface area contributed by atoms with Crippen molar-refractivity contribution in [3.63, 3.8) is 0 Å². The molecule has 2 amide bonds. The lowest BCUT2D eigenvalue weighted by atomic mass is 10.2. The van der Waals surface area contributed by atoms with Gasteiger partial charge in [0.15, 0.2) is 22.4 Å². The minimum atomic E-state index is -0.315. The van der Waals surface area contributed by atoms with Crippen molar-refractivity contribution in [2.24, 2.45) is 0 Å². The van der Waals surface area contributed by atoms with E-state index in [2.05, 4.69) is 15.6 Å². The smallest absolute Gasteiger partial charge is 0.262 e. The van der Waals surface area contributed by atoms with Crippen LogP contribution in [-0.4, -0.2) is 43.3 Å². The normalized spacial score (nSPS) is 10.3. The van der Waals surface area contributed by atoms with Gasteiger partial charge in [-0.2, -0.15) is 0 Å². The van der Waals surface area contributed by atoms with Gasteiger partial charge in [-0.25, -0.2) is 4.98 Å². The van der Waals surface area contributed by atoms with Gasteiger partial charge >= 0.3 is 0 Å². The molecular weight excluding hydrogens is 422 g/mol. The number of carbonyl (C=O) groups excluding carboxylic acids is 2. The van der Waals surface area contributed by atoms with E-state index in [1.807, 2.05) is 42.5 Å². The number of hydrogen-bond donors (Lipinski definition) is 2. The number of rotatable bonds is 9. The van der Waals surface area contributed by atoms with E-state index in [4.69, 9.17) is 9.47 Å². The third kappa shape index (κ3) is 5.74. The fourth-order valence-electron chi connectivity index (χ4n) is 2.48. The first kappa shape index (κ1) is 21.7. The van der Waals surface area contributed by atoms with Crippen LogP contribution in [0.25, 0.3) is 11.3 Å². The molecule has 7 nitrogen and oxygen atoms in total. The lowest BCUT2D eigenvalue weighted by Gasteiger charge is -2.10. The number of para-hydroxylation sites is 2. The minimum absolute atomic E-state index is 0.0905. The Balaban J connectivity index is 1.73. The molecule has 0 atom stereocenters. The molecule has 3 rings (SSSR count). The van der Waals surface area contributed by atoms with Gasteiger partial charge in [-0.05, 0) is 12.1 Å². The second kappa shape index (κ2) is 10.7. The van der Waals surface area contributed by atoms with E-state index in [0.717, 1.165) is 5.56 Å². The third-order valence-corrected chi connectivity index (χ3v) is 6.05. The van der Waals surface area contributed by atoms with Crippen molar-refractivity contribution in [2.45, 2.75) is 4.34 Å². The van der Waals surface area contributed by atoms with Crippen LogP contribution in [0.4, 0.5) is 5.00 Å². The Kier molecular flexibility index (Phi) is 7.69. The molecular formula is C21H21N3O4S2. The highest BCUT2D eigenvalue weighted by atomic mass is 32.2. The average Bonchev–Trinajstić information content (AvgIpc) is 3.19. The van der Waals surface area contributed by atoms with Crippen molar-refractivity contribution < 1.29 is 19.1 Å². The van der Waals surface area contributed by atoms with Gasteiger partial charge in [0, 0.05) is 12.6 Å². The van der Waals surface area contributed by atoms with Crippen molar-refractivity contribution >= 4 is 39.9 Å². The van der Waals surface area contributed by atoms with Crippen molar-refractivity contribution in [3.05, 3.63) is 54.6 Å². The predicted molar refractivity (Wildman–Crippen MR) is 119 cm³/mol. The fourth-order valence-corrected chi connectivity index (χ4v) is 4.44. The zero-order chi connectivity index (χ0) is 21.3. The highest BCUT2D eigenvalue weighted by molar-refractivity contribution is 8.01. The Morgan fingerprint density at radius 3 is 2.43 bits per heavy atom. The molecule has 0 aliphatic heterocycles. The number of methoxy groups -OCH3 is 1. The average molecular weight is 444 g/mol. The molecule has 0 radical (unpaired) electrons. The molecule has 0 unspecified atom stereocenters. The fraction of sp³-hybridized carbons (Fsp3) is 0.190. The molecule has 2 N–H and O–H groups in total. The molecule has 3 aromatic rings. The number of aromatic nitrogens is 1. The summed E-state index contributed by atoms with van der Waals surface area (Å²) in [6.45, 7) is -0.173. The van der Waals surface area contributed by atoms with Gasteiger partial charge in [0.25, 0.3) is 5.91 Å². The summed E-state index contributed by atoms with van der Waals surface area (Å²) in [5.41, 5.74) is 1.53. The molecule has 1 aromatic heterocycles.